The van der Waals surface area contributed by atoms with Crippen LogP contribution >= 0.6 is 0 Å². The van der Waals surface area contributed by atoms with Crippen molar-refractivity contribution in [3.8, 4) is 44.5 Å². The number of benzene rings is 11. The molecule has 0 aromatic heterocycles. The van der Waals surface area contributed by atoms with Crippen molar-refractivity contribution in [1.29, 1.82) is 0 Å². The lowest BCUT2D eigenvalue weighted by Gasteiger charge is -2.34. The zero-order chi connectivity index (χ0) is 42.5. The first kappa shape index (κ1) is 37.5. The normalized spacial score (nSPS) is 12.5. The molecular weight excluding hydrogens is 771 g/mol. The summed E-state index contributed by atoms with van der Waals surface area (Å²) in [5.41, 5.74) is 17.4. The Balaban J connectivity index is 1.15. The predicted molar refractivity (Wildman–Crippen MR) is 270 cm³/mol. The highest BCUT2D eigenvalue weighted by molar-refractivity contribution is 6.02. The minimum atomic E-state index is -0.538. The molecule has 1 aliphatic rings. The van der Waals surface area contributed by atoms with Crippen molar-refractivity contribution in [2.24, 2.45) is 0 Å². The Kier molecular flexibility index (Phi) is 9.13. The van der Waals surface area contributed by atoms with Crippen LogP contribution in [-0.2, 0) is 5.41 Å². The Morgan fingerprint density at radius 2 is 0.812 bits per heavy atom. The Morgan fingerprint density at radius 1 is 0.281 bits per heavy atom. The maximum Gasteiger partial charge on any atom is 0.0714 e. The first-order valence-corrected chi connectivity index (χ1v) is 22.2. The van der Waals surface area contributed by atoms with Crippen LogP contribution < -0.4 is 4.90 Å². The molecule has 64 heavy (non-hydrogen) atoms. The van der Waals surface area contributed by atoms with Crippen LogP contribution in [0.25, 0.3) is 66.1 Å². The van der Waals surface area contributed by atoms with E-state index in [9.17, 15) is 0 Å². The average molecular weight is 814 g/mol. The predicted octanol–water partition coefficient (Wildman–Crippen LogP) is 16.8. The molecule has 0 fully saturated rings. The molecule has 0 saturated heterocycles. The number of hydrogen-bond donors (Lipinski definition) is 0. The van der Waals surface area contributed by atoms with E-state index in [0.717, 1.165) is 33.8 Å². The molecule has 0 atom stereocenters. The summed E-state index contributed by atoms with van der Waals surface area (Å²) < 4.78 is 0. The van der Waals surface area contributed by atoms with Crippen LogP contribution in [0.1, 0.15) is 22.3 Å². The van der Waals surface area contributed by atoms with E-state index in [1.54, 1.807) is 0 Å². The summed E-state index contributed by atoms with van der Waals surface area (Å²) in [7, 11) is 0. The molecule has 1 heteroatoms. The highest BCUT2D eigenvalue weighted by Gasteiger charge is 2.47. The smallest absolute Gasteiger partial charge is 0.0714 e. The fourth-order valence-electron chi connectivity index (χ4n) is 10.5. The van der Waals surface area contributed by atoms with Gasteiger partial charge in [-0.1, -0.05) is 231 Å². The molecular formula is C63H43N. The third-order valence-corrected chi connectivity index (χ3v) is 13.3. The summed E-state index contributed by atoms with van der Waals surface area (Å²) >= 11 is 0. The fraction of sp³-hybridized carbons (Fsp3) is 0.0159. The summed E-state index contributed by atoms with van der Waals surface area (Å²) in [6.07, 6.45) is 0. The summed E-state index contributed by atoms with van der Waals surface area (Å²) in [5.74, 6) is 0. The Bertz CT molecular complexity index is 3440. The Labute approximate surface area is 374 Å². The third kappa shape index (κ3) is 6.08. The number of anilines is 3. The average Bonchev–Trinajstić information content (AvgIpc) is 3.69. The van der Waals surface area contributed by atoms with Crippen molar-refractivity contribution in [2.75, 3.05) is 4.90 Å². The van der Waals surface area contributed by atoms with Crippen LogP contribution in [0.2, 0.25) is 0 Å². The molecule has 11 aromatic carbocycles. The monoisotopic (exact) mass is 813 g/mol. The van der Waals surface area contributed by atoms with Crippen LogP contribution in [0.15, 0.2) is 261 Å². The maximum absolute atomic E-state index is 2.53. The molecule has 11 aromatic rings. The van der Waals surface area contributed by atoms with E-state index >= 15 is 0 Å². The summed E-state index contributed by atoms with van der Waals surface area (Å²) in [5, 5.41) is 4.95. The number of hydrogen-bond acceptors (Lipinski definition) is 1. The van der Waals surface area contributed by atoms with Gasteiger partial charge in [-0.15, -0.1) is 0 Å². The lowest BCUT2D eigenvalue weighted by Crippen LogP contribution is -2.28. The second kappa shape index (κ2) is 15.6. The standard InChI is InChI=1S/C63H43N/c1-4-19-46(20-5-1)56-41-38-50(49-35-34-44-18-10-11-22-48(44)42-49)43-61(56)64(53-39-36-47(37-40-53)55-30-16-23-45-21-12-13-28-54(45)55)60-33-17-32-59-62(60)57-29-14-15-31-58(57)63(59,51-24-6-2-7-25-51)52-26-8-3-9-27-52/h1-43H. The Morgan fingerprint density at radius 3 is 1.58 bits per heavy atom. The molecule has 0 saturated carbocycles. The quantitative estimate of drug-likeness (QED) is 0.148. The second-order valence-electron chi connectivity index (χ2n) is 16.8. The van der Waals surface area contributed by atoms with Gasteiger partial charge in [-0.3, -0.25) is 0 Å². The van der Waals surface area contributed by atoms with Crippen LogP contribution in [-0.4, -0.2) is 0 Å². The molecule has 0 aliphatic heterocycles. The van der Waals surface area contributed by atoms with Gasteiger partial charge in [-0.2, -0.15) is 0 Å². The van der Waals surface area contributed by atoms with E-state index in [0.29, 0.717) is 0 Å². The van der Waals surface area contributed by atoms with Crippen molar-refractivity contribution in [1.82, 2.24) is 0 Å². The lowest BCUT2D eigenvalue weighted by molar-refractivity contribution is 0.768. The summed E-state index contributed by atoms with van der Waals surface area (Å²) in [4.78, 5) is 2.53. The first-order chi connectivity index (χ1) is 31.8. The van der Waals surface area contributed by atoms with Gasteiger partial charge in [0.1, 0.15) is 0 Å². The van der Waals surface area contributed by atoms with Gasteiger partial charge in [0, 0.05) is 16.8 Å². The summed E-state index contributed by atoms with van der Waals surface area (Å²) in [6, 6.07) is 96.0. The fourth-order valence-corrected chi connectivity index (χ4v) is 10.5. The molecule has 0 spiro atoms. The third-order valence-electron chi connectivity index (χ3n) is 13.3. The molecule has 0 heterocycles. The van der Waals surface area contributed by atoms with Gasteiger partial charge in [-0.05, 0) is 108 Å². The van der Waals surface area contributed by atoms with Crippen LogP contribution in [0.4, 0.5) is 17.1 Å². The van der Waals surface area contributed by atoms with E-state index in [2.05, 4.69) is 266 Å². The molecule has 0 N–H and O–H groups in total. The highest BCUT2D eigenvalue weighted by Crippen LogP contribution is 2.60. The number of nitrogens with zero attached hydrogens (tertiary/aromatic N) is 1. The molecule has 0 bridgehead atoms. The van der Waals surface area contributed by atoms with E-state index in [4.69, 9.17) is 0 Å². The molecule has 0 unspecified atom stereocenters. The van der Waals surface area contributed by atoms with Gasteiger partial charge < -0.3 is 4.90 Å². The van der Waals surface area contributed by atoms with E-state index < -0.39 is 5.41 Å². The topological polar surface area (TPSA) is 3.24 Å². The van der Waals surface area contributed by atoms with Crippen molar-refractivity contribution in [3.05, 3.63) is 283 Å². The van der Waals surface area contributed by atoms with Gasteiger partial charge in [-0.25, -0.2) is 0 Å². The lowest BCUT2D eigenvalue weighted by atomic mass is 9.68. The van der Waals surface area contributed by atoms with Crippen LogP contribution in [0, 0.1) is 0 Å². The van der Waals surface area contributed by atoms with Crippen molar-refractivity contribution in [3.63, 3.8) is 0 Å². The zero-order valence-corrected chi connectivity index (χ0v) is 35.3. The van der Waals surface area contributed by atoms with Crippen LogP contribution in [0.5, 0.6) is 0 Å². The van der Waals surface area contributed by atoms with Gasteiger partial charge in [0.25, 0.3) is 0 Å². The number of fused-ring (bicyclic) bond motifs is 5. The molecule has 1 aliphatic carbocycles. The minimum Gasteiger partial charge on any atom is -0.309 e. The van der Waals surface area contributed by atoms with E-state index in [-0.39, 0.29) is 0 Å². The highest BCUT2D eigenvalue weighted by atomic mass is 15.1. The van der Waals surface area contributed by atoms with Gasteiger partial charge in [0.05, 0.1) is 16.8 Å². The van der Waals surface area contributed by atoms with Crippen molar-refractivity contribution in [2.45, 2.75) is 5.41 Å². The second-order valence-corrected chi connectivity index (χ2v) is 16.8. The largest absolute Gasteiger partial charge is 0.309 e. The summed E-state index contributed by atoms with van der Waals surface area (Å²) in [6.45, 7) is 0. The SMILES string of the molecule is c1ccc(-c2ccc(-c3ccc4ccccc4c3)cc2N(c2ccc(-c3cccc4ccccc34)cc2)c2cccc3c2-c2ccccc2C3(c2ccccc2)c2ccccc2)cc1. The van der Waals surface area contributed by atoms with Gasteiger partial charge in [0.15, 0.2) is 0 Å². The molecule has 300 valence electrons. The van der Waals surface area contributed by atoms with Crippen molar-refractivity contribution < 1.29 is 0 Å². The van der Waals surface area contributed by atoms with Crippen LogP contribution in [0.3, 0.4) is 0 Å². The van der Waals surface area contributed by atoms with Gasteiger partial charge in [0.2, 0.25) is 0 Å². The van der Waals surface area contributed by atoms with E-state index in [1.165, 1.54) is 71.6 Å². The minimum absolute atomic E-state index is 0.538. The number of rotatable bonds is 8. The molecule has 0 radical (unpaired) electrons. The Hall–Kier alpha value is -8.26. The maximum atomic E-state index is 2.53. The first-order valence-electron chi connectivity index (χ1n) is 22.2. The van der Waals surface area contributed by atoms with Crippen molar-refractivity contribution >= 4 is 38.6 Å². The molecule has 1 nitrogen and oxygen atoms in total. The van der Waals surface area contributed by atoms with Gasteiger partial charge >= 0.3 is 0 Å². The molecule has 12 rings (SSSR count). The zero-order valence-electron chi connectivity index (χ0n) is 35.3. The molecule has 0 amide bonds. The van der Waals surface area contributed by atoms with E-state index in [1.807, 2.05) is 0 Å².